The zero-order chi connectivity index (χ0) is 17.2. The predicted octanol–water partition coefficient (Wildman–Crippen LogP) is 1.75. The highest BCUT2D eigenvalue weighted by Crippen LogP contribution is 2.32. The third kappa shape index (κ3) is 4.78. The van der Waals surface area contributed by atoms with Crippen molar-refractivity contribution in [2.45, 2.75) is 44.8 Å². The van der Waals surface area contributed by atoms with Crippen molar-refractivity contribution in [3.8, 4) is 0 Å². The number of carbonyl (C=O) groups excluding carboxylic acids is 1. The van der Waals surface area contributed by atoms with Gasteiger partial charge in [0.2, 0.25) is 5.91 Å². The van der Waals surface area contributed by atoms with E-state index in [-0.39, 0.29) is 29.7 Å². The van der Waals surface area contributed by atoms with Crippen LogP contribution in [0.1, 0.15) is 38.3 Å². The molecular weight excluding hydrogens is 312 g/mol. The number of benzene rings is 1. The monoisotopic (exact) mass is 338 g/mol. The standard InChI is InChI=1S/C17H26N2O3S/c1-12(11-23(3,21)22)19(15-9-10-15)17(20)13(2)16(18)14-7-5-4-6-8-14/h4-8,12-13,15-16H,9-11,18H2,1-3H3. The van der Waals surface area contributed by atoms with Crippen molar-refractivity contribution in [1.82, 2.24) is 4.90 Å². The molecule has 0 bridgehead atoms. The van der Waals surface area contributed by atoms with E-state index in [1.807, 2.05) is 37.3 Å². The van der Waals surface area contributed by atoms with Crippen molar-refractivity contribution in [2.24, 2.45) is 11.7 Å². The van der Waals surface area contributed by atoms with E-state index in [9.17, 15) is 13.2 Å². The molecule has 1 fully saturated rings. The molecule has 0 aromatic heterocycles. The second kappa shape index (κ2) is 7.01. The fourth-order valence-corrected chi connectivity index (χ4v) is 4.02. The Morgan fingerprint density at radius 1 is 1.26 bits per heavy atom. The first-order valence-corrected chi connectivity index (χ1v) is 10.1. The average molecular weight is 338 g/mol. The Balaban J connectivity index is 2.14. The van der Waals surface area contributed by atoms with Gasteiger partial charge in [-0.15, -0.1) is 0 Å². The highest BCUT2D eigenvalue weighted by molar-refractivity contribution is 7.90. The molecule has 6 heteroatoms. The van der Waals surface area contributed by atoms with E-state index in [2.05, 4.69) is 0 Å². The minimum atomic E-state index is -3.13. The molecule has 2 N–H and O–H groups in total. The fourth-order valence-electron chi connectivity index (χ4n) is 2.98. The Bertz CT molecular complexity index is 641. The number of nitrogens with zero attached hydrogens (tertiary/aromatic N) is 1. The molecule has 23 heavy (non-hydrogen) atoms. The second-order valence-electron chi connectivity index (χ2n) is 6.64. The molecule has 1 aliphatic rings. The van der Waals surface area contributed by atoms with Crippen LogP contribution in [-0.4, -0.2) is 43.3 Å². The van der Waals surface area contributed by atoms with E-state index in [0.29, 0.717) is 0 Å². The third-order valence-corrected chi connectivity index (χ3v) is 5.41. The van der Waals surface area contributed by atoms with Crippen LogP contribution in [0.15, 0.2) is 30.3 Å². The fraction of sp³-hybridized carbons (Fsp3) is 0.588. The largest absolute Gasteiger partial charge is 0.336 e. The highest BCUT2D eigenvalue weighted by atomic mass is 32.2. The van der Waals surface area contributed by atoms with Gasteiger partial charge in [0.05, 0.1) is 11.7 Å². The smallest absolute Gasteiger partial charge is 0.227 e. The zero-order valence-electron chi connectivity index (χ0n) is 14.0. The predicted molar refractivity (Wildman–Crippen MR) is 91.6 cm³/mol. The van der Waals surface area contributed by atoms with Crippen LogP contribution in [0.3, 0.4) is 0 Å². The molecular formula is C17H26N2O3S. The summed E-state index contributed by atoms with van der Waals surface area (Å²) in [6.45, 7) is 3.63. The molecule has 0 spiro atoms. The SMILES string of the molecule is CC(C(=O)N(C(C)CS(C)(=O)=O)C1CC1)C(N)c1ccccc1. The molecule has 1 aromatic rings. The lowest BCUT2D eigenvalue weighted by Crippen LogP contribution is -2.47. The van der Waals surface area contributed by atoms with Crippen molar-refractivity contribution >= 4 is 15.7 Å². The van der Waals surface area contributed by atoms with Crippen molar-refractivity contribution in [3.63, 3.8) is 0 Å². The summed E-state index contributed by atoms with van der Waals surface area (Å²) in [6.07, 6.45) is 3.08. The van der Waals surface area contributed by atoms with E-state index in [1.54, 1.807) is 11.8 Å². The van der Waals surface area contributed by atoms with Crippen LogP contribution in [0.25, 0.3) is 0 Å². The lowest BCUT2D eigenvalue weighted by molar-refractivity contribution is -0.138. The van der Waals surface area contributed by atoms with Crippen LogP contribution >= 0.6 is 0 Å². The lowest BCUT2D eigenvalue weighted by Gasteiger charge is -2.33. The summed E-state index contributed by atoms with van der Waals surface area (Å²) in [5, 5.41) is 0. The number of sulfone groups is 1. The highest BCUT2D eigenvalue weighted by Gasteiger charge is 2.39. The van der Waals surface area contributed by atoms with Gasteiger partial charge in [-0.3, -0.25) is 4.79 Å². The van der Waals surface area contributed by atoms with Gasteiger partial charge in [0.1, 0.15) is 9.84 Å². The maximum atomic E-state index is 12.9. The van der Waals surface area contributed by atoms with Gasteiger partial charge in [-0.25, -0.2) is 8.42 Å². The summed E-state index contributed by atoms with van der Waals surface area (Å²) in [5.41, 5.74) is 7.18. The third-order valence-electron chi connectivity index (χ3n) is 4.33. The van der Waals surface area contributed by atoms with Crippen molar-refractivity contribution < 1.29 is 13.2 Å². The van der Waals surface area contributed by atoms with Crippen LogP contribution in [0.5, 0.6) is 0 Å². The van der Waals surface area contributed by atoms with Crippen LogP contribution in [0.4, 0.5) is 0 Å². The molecule has 1 aliphatic carbocycles. The molecule has 1 aromatic carbocycles. The molecule has 1 amide bonds. The van der Waals surface area contributed by atoms with Crippen molar-refractivity contribution in [1.29, 1.82) is 0 Å². The van der Waals surface area contributed by atoms with Gasteiger partial charge in [-0.05, 0) is 25.3 Å². The molecule has 3 unspecified atom stereocenters. The number of rotatable bonds is 7. The molecule has 5 nitrogen and oxygen atoms in total. The van der Waals surface area contributed by atoms with E-state index in [0.717, 1.165) is 18.4 Å². The molecule has 0 heterocycles. The Morgan fingerprint density at radius 3 is 2.30 bits per heavy atom. The van der Waals surface area contributed by atoms with E-state index < -0.39 is 15.9 Å². The first kappa shape index (κ1) is 17.9. The maximum absolute atomic E-state index is 12.9. The zero-order valence-corrected chi connectivity index (χ0v) is 14.8. The number of hydrogen-bond acceptors (Lipinski definition) is 4. The Morgan fingerprint density at radius 2 is 1.83 bits per heavy atom. The maximum Gasteiger partial charge on any atom is 0.227 e. The van der Waals surface area contributed by atoms with Gasteiger partial charge < -0.3 is 10.6 Å². The second-order valence-corrected chi connectivity index (χ2v) is 8.83. The van der Waals surface area contributed by atoms with Gasteiger partial charge in [0, 0.05) is 24.4 Å². The first-order chi connectivity index (χ1) is 10.7. The normalized spacial score (nSPS) is 19.0. The van der Waals surface area contributed by atoms with Crippen LogP contribution in [0, 0.1) is 5.92 Å². The summed E-state index contributed by atoms with van der Waals surface area (Å²) >= 11 is 0. The van der Waals surface area contributed by atoms with Crippen LogP contribution in [-0.2, 0) is 14.6 Å². The number of carbonyl (C=O) groups is 1. The summed E-state index contributed by atoms with van der Waals surface area (Å²) in [7, 11) is -3.13. The minimum Gasteiger partial charge on any atom is -0.336 e. The van der Waals surface area contributed by atoms with Gasteiger partial charge in [-0.1, -0.05) is 37.3 Å². The molecule has 0 saturated heterocycles. The van der Waals surface area contributed by atoms with Gasteiger partial charge in [0.15, 0.2) is 0 Å². The molecule has 1 saturated carbocycles. The van der Waals surface area contributed by atoms with Crippen LogP contribution < -0.4 is 5.73 Å². The van der Waals surface area contributed by atoms with E-state index in [1.165, 1.54) is 6.26 Å². The topological polar surface area (TPSA) is 80.5 Å². The lowest BCUT2D eigenvalue weighted by atomic mass is 9.93. The average Bonchev–Trinajstić information content (AvgIpc) is 3.29. The number of hydrogen-bond donors (Lipinski definition) is 1. The molecule has 0 radical (unpaired) electrons. The van der Waals surface area contributed by atoms with Gasteiger partial charge in [-0.2, -0.15) is 0 Å². The molecule has 0 aliphatic heterocycles. The summed E-state index contributed by atoms with van der Waals surface area (Å²) in [5.74, 6) is -0.456. The Kier molecular flexibility index (Phi) is 5.47. The Labute approximate surface area is 138 Å². The number of amides is 1. The summed E-state index contributed by atoms with van der Waals surface area (Å²) in [6, 6.07) is 8.98. The van der Waals surface area contributed by atoms with E-state index >= 15 is 0 Å². The van der Waals surface area contributed by atoms with Crippen molar-refractivity contribution in [2.75, 3.05) is 12.0 Å². The van der Waals surface area contributed by atoms with Crippen LogP contribution in [0.2, 0.25) is 0 Å². The Hall–Kier alpha value is -1.40. The number of nitrogens with two attached hydrogens (primary N) is 1. The van der Waals surface area contributed by atoms with Gasteiger partial charge in [0.25, 0.3) is 0 Å². The quantitative estimate of drug-likeness (QED) is 0.821. The summed E-state index contributed by atoms with van der Waals surface area (Å²) < 4.78 is 23.1. The molecule has 128 valence electrons. The molecule has 3 atom stereocenters. The van der Waals surface area contributed by atoms with E-state index in [4.69, 9.17) is 5.73 Å². The summed E-state index contributed by atoms with van der Waals surface area (Å²) in [4.78, 5) is 14.7. The van der Waals surface area contributed by atoms with Crippen molar-refractivity contribution in [3.05, 3.63) is 35.9 Å². The minimum absolute atomic E-state index is 0.0114. The first-order valence-electron chi connectivity index (χ1n) is 8.01. The van der Waals surface area contributed by atoms with Gasteiger partial charge >= 0.3 is 0 Å². The molecule has 2 rings (SSSR count).